The van der Waals surface area contributed by atoms with E-state index in [-0.39, 0.29) is 6.29 Å². The molecule has 16 heavy (non-hydrogen) atoms. The number of alkyl halides is 3. The van der Waals surface area contributed by atoms with Gasteiger partial charge >= 0.3 is 6.18 Å². The fourth-order valence-electron chi connectivity index (χ4n) is 1.07. The Labute approximate surface area is 95.3 Å². The van der Waals surface area contributed by atoms with Gasteiger partial charge in [-0.1, -0.05) is 0 Å². The van der Waals surface area contributed by atoms with E-state index in [1.807, 2.05) is 0 Å². The fourth-order valence-corrected chi connectivity index (χ4v) is 1.73. The maximum atomic E-state index is 12.4. The van der Waals surface area contributed by atoms with Crippen LogP contribution in [0.1, 0.15) is 15.9 Å². The number of hydrogen-bond donors (Lipinski definition) is 0. The van der Waals surface area contributed by atoms with E-state index >= 15 is 0 Å². The standard InChI is InChI=1S/C8H3BrF3NO3/c9-7-4(3-14)6(13(15)16)2-1-5(7)8(10,11)12/h1-3H. The van der Waals surface area contributed by atoms with Crippen molar-refractivity contribution in [1.82, 2.24) is 0 Å². The van der Waals surface area contributed by atoms with Gasteiger partial charge in [0.25, 0.3) is 5.69 Å². The molecule has 8 heteroatoms. The number of nitrogens with zero attached hydrogens (tertiary/aromatic N) is 1. The minimum Gasteiger partial charge on any atom is -0.298 e. The topological polar surface area (TPSA) is 60.2 Å². The first-order valence-electron chi connectivity index (χ1n) is 3.78. The molecule has 0 bridgehead atoms. The van der Waals surface area contributed by atoms with Crippen molar-refractivity contribution in [3.05, 3.63) is 37.8 Å². The monoisotopic (exact) mass is 297 g/mol. The third kappa shape index (κ3) is 2.21. The highest BCUT2D eigenvalue weighted by Crippen LogP contribution is 2.38. The molecule has 1 aromatic carbocycles. The van der Waals surface area contributed by atoms with Crippen LogP contribution in [0.5, 0.6) is 0 Å². The molecule has 0 unspecified atom stereocenters. The normalized spacial score (nSPS) is 11.2. The molecule has 0 aliphatic rings. The zero-order valence-electron chi connectivity index (χ0n) is 7.42. The first-order chi connectivity index (χ1) is 7.29. The van der Waals surface area contributed by atoms with Crippen molar-refractivity contribution in [2.45, 2.75) is 6.18 Å². The van der Waals surface area contributed by atoms with Crippen molar-refractivity contribution in [2.75, 3.05) is 0 Å². The van der Waals surface area contributed by atoms with Gasteiger partial charge in [-0.15, -0.1) is 0 Å². The highest BCUT2D eigenvalue weighted by atomic mass is 79.9. The predicted octanol–water partition coefficient (Wildman–Crippen LogP) is 3.19. The number of nitro benzene ring substituents is 1. The number of hydrogen-bond acceptors (Lipinski definition) is 3. The summed E-state index contributed by atoms with van der Waals surface area (Å²) in [7, 11) is 0. The summed E-state index contributed by atoms with van der Waals surface area (Å²) in [5.74, 6) is 0. The van der Waals surface area contributed by atoms with Crippen LogP contribution in [0.2, 0.25) is 0 Å². The van der Waals surface area contributed by atoms with Gasteiger partial charge in [-0.3, -0.25) is 14.9 Å². The lowest BCUT2D eigenvalue weighted by molar-refractivity contribution is -0.385. The molecule has 0 radical (unpaired) electrons. The summed E-state index contributed by atoms with van der Waals surface area (Å²) >= 11 is 2.54. The molecular formula is C8H3BrF3NO3. The molecule has 0 atom stereocenters. The highest BCUT2D eigenvalue weighted by Gasteiger charge is 2.35. The molecule has 0 saturated heterocycles. The summed E-state index contributed by atoms with van der Waals surface area (Å²) in [5, 5.41) is 10.4. The highest BCUT2D eigenvalue weighted by molar-refractivity contribution is 9.10. The second-order valence-electron chi connectivity index (χ2n) is 2.73. The van der Waals surface area contributed by atoms with Gasteiger partial charge in [0.1, 0.15) is 5.56 Å². The average molecular weight is 298 g/mol. The fraction of sp³-hybridized carbons (Fsp3) is 0.125. The van der Waals surface area contributed by atoms with E-state index in [0.29, 0.717) is 12.1 Å². The van der Waals surface area contributed by atoms with Crippen molar-refractivity contribution in [2.24, 2.45) is 0 Å². The first kappa shape index (κ1) is 12.6. The Morgan fingerprint density at radius 1 is 1.38 bits per heavy atom. The van der Waals surface area contributed by atoms with E-state index in [0.717, 1.165) is 0 Å². The van der Waals surface area contributed by atoms with Crippen LogP contribution in [0.15, 0.2) is 16.6 Å². The van der Waals surface area contributed by atoms with Crippen LogP contribution in [-0.2, 0) is 6.18 Å². The lowest BCUT2D eigenvalue weighted by atomic mass is 10.1. The van der Waals surface area contributed by atoms with Crippen LogP contribution < -0.4 is 0 Å². The Morgan fingerprint density at radius 2 is 1.94 bits per heavy atom. The number of carbonyl (C=O) groups excluding carboxylic acids is 1. The quantitative estimate of drug-likeness (QED) is 0.478. The third-order valence-electron chi connectivity index (χ3n) is 1.78. The van der Waals surface area contributed by atoms with E-state index in [2.05, 4.69) is 15.9 Å². The molecule has 4 nitrogen and oxygen atoms in total. The third-order valence-corrected chi connectivity index (χ3v) is 2.63. The Kier molecular flexibility index (Phi) is 3.32. The Hall–Kier alpha value is -1.44. The molecule has 0 amide bonds. The number of rotatable bonds is 2. The number of aldehydes is 1. The molecule has 0 aromatic heterocycles. The zero-order chi connectivity index (χ0) is 12.5. The molecule has 0 saturated carbocycles. The van der Waals surface area contributed by atoms with Gasteiger partial charge in [-0.2, -0.15) is 13.2 Å². The van der Waals surface area contributed by atoms with Gasteiger partial charge in [0.15, 0.2) is 6.29 Å². The van der Waals surface area contributed by atoms with Gasteiger partial charge < -0.3 is 0 Å². The second kappa shape index (κ2) is 4.20. The van der Waals surface area contributed by atoms with Crippen molar-refractivity contribution in [3.63, 3.8) is 0 Å². The van der Waals surface area contributed by atoms with E-state index in [4.69, 9.17) is 0 Å². The number of carbonyl (C=O) groups is 1. The van der Waals surface area contributed by atoms with Gasteiger partial charge in [0.05, 0.1) is 10.5 Å². The molecule has 0 aliphatic carbocycles. The summed E-state index contributed by atoms with van der Waals surface area (Å²) in [5.41, 5.74) is -2.42. The molecule has 0 spiro atoms. The van der Waals surface area contributed by atoms with Crippen LogP contribution in [0.4, 0.5) is 18.9 Å². The number of halogens is 4. The minimum atomic E-state index is -4.67. The second-order valence-corrected chi connectivity index (χ2v) is 3.53. The predicted molar refractivity (Wildman–Crippen MR) is 51.2 cm³/mol. The van der Waals surface area contributed by atoms with Crippen LogP contribution in [0, 0.1) is 10.1 Å². The molecule has 0 fully saturated rings. The molecular weight excluding hydrogens is 295 g/mol. The molecule has 0 N–H and O–H groups in total. The van der Waals surface area contributed by atoms with Gasteiger partial charge in [-0.05, 0) is 22.0 Å². The van der Waals surface area contributed by atoms with Gasteiger partial charge in [0.2, 0.25) is 0 Å². The first-order valence-corrected chi connectivity index (χ1v) is 4.57. The van der Waals surface area contributed by atoms with Crippen molar-refractivity contribution in [3.8, 4) is 0 Å². The van der Waals surface area contributed by atoms with Crippen LogP contribution in [-0.4, -0.2) is 11.2 Å². The lowest BCUT2D eigenvalue weighted by Crippen LogP contribution is -2.08. The van der Waals surface area contributed by atoms with Crippen LogP contribution in [0.3, 0.4) is 0 Å². The molecule has 0 heterocycles. The summed E-state index contributed by atoms with van der Waals surface area (Å²) < 4.78 is 36.5. The van der Waals surface area contributed by atoms with Crippen molar-refractivity contribution in [1.29, 1.82) is 0 Å². The molecule has 86 valence electrons. The van der Waals surface area contributed by atoms with E-state index in [1.165, 1.54) is 0 Å². The summed E-state index contributed by atoms with van der Waals surface area (Å²) in [6.07, 6.45) is -4.66. The summed E-state index contributed by atoms with van der Waals surface area (Å²) in [6.45, 7) is 0. The van der Waals surface area contributed by atoms with E-state index < -0.39 is 32.4 Å². The smallest absolute Gasteiger partial charge is 0.298 e. The van der Waals surface area contributed by atoms with Gasteiger partial charge in [0, 0.05) is 10.5 Å². The van der Waals surface area contributed by atoms with Crippen LogP contribution >= 0.6 is 15.9 Å². The van der Waals surface area contributed by atoms with E-state index in [1.54, 1.807) is 0 Å². The SMILES string of the molecule is O=Cc1c([N+](=O)[O-])ccc(C(F)(F)F)c1Br. The molecule has 1 aromatic rings. The number of benzene rings is 1. The van der Waals surface area contributed by atoms with Crippen molar-refractivity contribution >= 4 is 27.9 Å². The van der Waals surface area contributed by atoms with Crippen molar-refractivity contribution < 1.29 is 22.9 Å². The lowest BCUT2D eigenvalue weighted by Gasteiger charge is -2.10. The summed E-state index contributed by atoms with van der Waals surface area (Å²) in [6, 6.07) is 1.20. The Balaban J connectivity index is 3.53. The van der Waals surface area contributed by atoms with Gasteiger partial charge in [-0.25, -0.2) is 0 Å². The molecule has 0 aliphatic heterocycles. The summed E-state index contributed by atoms with van der Waals surface area (Å²) in [4.78, 5) is 20.0. The Bertz CT molecular complexity index is 459. The van der Waals surface area contributed by atoms with Crippen LogP contribution in [0.25, 0.3) is 0 Å². The maximum Gasteiger partial charge on any atom is 0.417 e. The minimum absolute atomic E-state index is 0.0114. The maximum absolute atomic E-state index is 12.4. The number of nitro groups is 1. The Morgan fingerprint density at radius 3 is 2.31 bits per heavy atom. The van der Waals surface area contributed by atoms with E-state index in [9.17, 15) is 28.1 Å². The average Bonchev–Trinajstić information content (AvgIpc) is 2.14. The largest absolute Gasteiger partial charge is 0.417 e. The molecule has 1 rings (SSSR count). The zero-order valence-corrected chi connectivity index (χ0v) is 9.00.